The molecular formula is C18H21NO4. The smallest absolute Gasteiger partial charge is 0.231 e. The zero-order valence-electron chi connectivity index (χ0n) is 13.3. The summed E-state index contributed by atoms with van der Waals surface area (Å²) in [5, 5.41) is 12.9. The molecule has 0 fully saturated rings. The summed E-state index contributed by atoms with van der Waals surface area (Å²) in [6, 6.07) is 11.9. The summed E-state index contributed by atoms with van der Waals surface area (Å²) >= 11 is 0. The molecule has 3 rings (SSSR count). The van der Waals surface area contributed by atoms with Crippen molar-refractivity contribution in [3.05, 3.63) is 53.1 Å². The van der Waals surface area contributed by atoms with Crippen LogP contribution in [-0.4, -0.2) is 19.0 Å². The van der Waals surface area contributed by atoms with Crippen molar-refractivity contribution in [3.63, 3.8) is 0 Å². The minimum Gasteiger partial charge on any atom is -0.493 e. The highest BCUT2D eigenvalue weighted by Gasteiger charge is 2.19. The predicted molar refractivity (Wildman–Crippen MR) is 86.7 cm³/mol. The lowest BCUT2D eigenvalue weighted by Crippen LogP contribution is -2.12. The number of benzene rings is 2. The average molecular weight is 315 g/mol. The van der Waals surface area contributed by atoms with Crippen LogP contribution in [0.5, 0.6) is 17.2 Å². The van der Waals surface area contributed by atoms with Gasteiger partial charge in [-0.15, -0.1) is 0 Å². The van der Waals surface area contributed by atoms with E-state index >= 15 is 0 Å². The molecule has 0 radical (unpaired) electrons. The van der Waals surface area contributed by atoms with Gasteiger partial charge in [0.05, 0.1) is 13.2 Å². The molecule has 0 saturated heterocycles. The van der Waals surface area contributed by atoms with E-state index in [1.54, 1.807) is 14.0 Å². The standard InChI is InChI=1S/C18H21NO4/c1-12(20)15-5-3-13(4-6-15)9-19-10-14-7-16(21-2)18-17(8-14)22-11-23-18/h3-8,12,19-20H,9-11H2,1-2H3/t12-/m0/s1. The SMILES string of the molecule is COc1cc(CNCc2ccc([C@H](C)O)cc2)cc2c1OCO2. The maximum absolute atomic E-state index is 9.52. The molecule has 0 aromatic heterocycles. The van der Waals surface area contributed by atoms with Gasteiger partial charge in [0, 0.05) is 13.1 Å². The molecule has 0 saturated carbocycles. The van der Waals surface area contributed by atoms with Crippen LogP contribution in [0.2, 0.25) is 0 Å². The predicted octanol–water partition coefficient (Wildman–Crippen LogP) is 2.77. The molecule has 0 amide bonds. The number of ether oxygens (including phenoxy) is 3. The third-order valence-electron chi connectivity index (χ3n) is 3.84. The number of nitrogens with one attached hydrogen (secondary N) is 1. The average Bonchev–Trinajstić information content (AvgIpc) is 3.03. The van der Waals surface area contributed by atoms with Gasteiger partial charge in [0.1, 0.15) is 0 Å². The van der Waals surface area contributed by atoms with Crippen molar-refractivity contribution in [3.8, 4) is 17.2 Å². The maximum Gasteiger partial charge on any atom is 0.231 e. The van der Waals surface area contributed by atoms with Crippen molar-refractivity contribution in [2.45, 2.75) is 26.1 Å². The van der Waals surface area contributed by atoms with Gasteiger partial charge < -0.3 is 24.6 Å². The van der Waals surface area contributed by atoms with Gasteiger partial charge in [-0.2, -0.15) is 0 Å². The van der Waals surface area contributed by atoms with E-state index in [9.17, 15) is 5.11 Å². The zero-order valence-corrected chi connectivity index (χ0v) is 13.3. The van der Waals surface area contributed by atoms with Gasteiger partial charge in [-0.3, -0.25) is 0 Å². The van der Waals surface area contributed by atoms with Gasteiger partial charge in [0.25, 0.3) is 0 Å². The summed E-state index contributed by atoms with van der Waals surface area (Å²) in [6.45, 7) is 3.44. The van der Waals surface area contributed by atoms with Gasteiger partial charge in [-0.05, 0) is 35.7 Å². The second kappa shape index (κ2) is 6.89. The van der Waals surface area contributed by atoms with Gasteiger partial charge >= 0.3 is 0 Å². The number of fused-ring (bicyclic) bond motifs is 1. The number of methoxy groups -OCH3 is 1. The molecule has 1 heterocycles. The summed E-state index contributed by atoms with van der Waals surface area (Å²) in [5.74, 6) is 2.09. The Morgan fingerprint density at radius 3 is 2.57 bits per heavy atom. The van der Waals surface area contributed by atoms with E-state index in [4.69, 9.17) is 14.2 Å². The highest BCUT2D eigenvalue weighted by molar-refractivity contribution is 5.55. The fourth-order valence-corrected chi connectivity index (χ4v) is 2.55. The lowest BCUT2D eigenvalue weighted by molar-refractivity contribution is 0.171. The Bertz CT molecular complexity index is 667. The Morgan fingerprint density at radius 1 is 1.13 bits per heavy atom. The lowest BCUT2D eigenvalue weighted by atomic mass is 10.1. The molecule has 5 heteroatoms. The van der Waals surface area contributed by atoms with Crippen LogP contribution in [0, 0.1) is 0 Å². The van der Waals surface area contributed by atoms with Gasteiger partial charge in [0.15, 0.2) is 11.5 Å². The fraction of sp³-hybridized carbons (Fsp3) is 0.333. The first kappa shape index (κ1) is 15.6. The topological polar surface area (TPSA) is 60.0 Å². The zero-order chi connectivity index (χ0) is 16.2. The molecule has 122 valence electrons. The number of rotatable bonds is 6. The minimum atomic E-state index is -0.432. The Kier molecular flexibility index (Phi) is 4.69. The van der Waals surface area contributed by atoms with Crippen molar-refractivity contribution in [1.29, 1.82) is 0 Å². The molecule has 2 N–H and O–H groups in total. The molecule has 2 aromatic rings. The monoisotopic (exact) mass is 315 g/mol. The second-order valence-corrected chi connectivity index (χ2v) is 5.55. The van der Waals surface area contributed by atoms with Crippen LogP contribution in [0.15, 0.2) is 36.4 Å². The van der Waals surface area contributed by atoms with Gasteiger partial charge in [-0.25, -0.2) is 0 Å². The van der Waals surface area contributed by atoms with E-state index in [1.807, 2.05) is 36.4 Å². The lowest BCUT2D eigenvalue weighted by Gasteiger charge is -2.10. The van der Waals surface area contributed by atoms with E-state index in [-0.39, 0.29) is 6.79 Å². The summed E-state index contributed by atoms with van der Waals surface area (Å²) in [4.78, 5) is 0. The number of aliphatic hydroxyl groups is 1. The third-order valence-corrected chi connectivity index (χ3v) is 3.84. The Labute approximate surface area is 135 Å². The van der Waals surface area contributed by atoms with Crippen molar-refractivity contribution in [2.75, 3.05) is 13.9 Å². The minimum absolute atomic E-state index is 0.234. The van der Waals surface area contributed by atoms with E-state index in [0.717, 1.165) is 23.4 Å². The van der Waals surface area contributed by atoms with Crippen LogP contribution in [0.1, 0.15) is 29.7 Å². The Morgan fingerprint density at radius 2 is 1.87 bits per heavy atom. The molecule has 23 heavy (non-hydrogen) atoms. The molecule has 1 aliphatic rings. The van der Waals surface area contributed by atoms with Crippen molar-refractivity contribution in [1.82, 2.24) is 5.32 Å². The first-order valence-electron chi connectivity index (χ1n) is 7.61. The summed E-state index contributed by atoms with van der Waals surface area (Å²) in [5.41, 5.74) is 3.17. The van der Waals surface area contributed by atoms with Crippen LogP contribution in [0.3, 0.4) is 0 Å². The fourth-order valence-electron chi connectivity index (χ4n) is 2.55. The van der Waals surface area contributed by atoms with E-state index in [0.29, 0.717) is 18.0 Å². The number of aliphatic hydroxyl groups excluding tert-OH is 1. The molecule has 0 aliphatic carbocycles. The first-order chi connectivity index (χ1) is 11.2. The van der Waals surface area contributed by atoms with E-state index in [1.165, 1.54) is 5.56 Å². The molecule has 1 atom stereocenters. The van der Waals surface area contributed by atoms with Crippen LogP contribution in [0.25, 0.3) is 0 Å². The molecule has 5 nitrogen and oxygen atoms in total. The van der Waals surface area contributed by atoms with Crippen LogP contribution in [-0.2, 0) is 13.1 Å². The largest absolute Gasteiger partial charge is 0.493 e. The first-order valence-corrected chi connectivity index (χ1v) is 7.61. The number of hydrogen-bond donors (Lipinski definition) is 2. The molecule has 0 unspecified atom stereocenters. The quantitative estimate of drug-likeness (QED) is 0.858. The highest BCUT2D eigenvalue weighted by atomic mass is 16.7. The van der Waals surface area contributed by atoms with Crippen molar-refractivity contribution >= 4 is 0 Å². The Hall–Kier alpha value is -2.24. The van der Waals surface area contributed by atoms with Crippen LogP contribution < -0.4 is 19.5 Å². The summed E-state index contributed by atoms with van der Waals surface area (Å²) < 4.78 is 16.2. The van der Waals surface area contributed by atoms with E-state index < -0.39 is 6.10 Å². The molecule has 1 aliphatic heterocycles. The molecule has 2 aromatic carbocycles. The van der Waals surface area contributed by atoms with Crippen molar-refractivity contribution in [2.24, 2.45) is 0 Å². The van der Waals surface area contributed by atoms with E-state index in [2.05, 4.69) is 5.32 Å². The van der Waals surface area contributed by atoms with Crippen LogP contribution >= 0.6 is 0 Å². The molecular weight excluding hydrogens is 294 g/mol. The molecule has 0 bridgehead atoms. The highest BCUT2D eigenvalue weighted by Crippen LogP contribution is 2.41. The van der Waals surface area contributed by atoms with Gasteiger partial charge in [-0.1, -0.05) is 24.3 Å². The molecule has 0 spiro atoms. The van der Waals surface area contributed by atoms with Crippen LogP contribution in [0.4, 0.5) is 0 Å². The summed E-state index contributed by atoms with van der Waals surface area (Å²) in [7, 11) is 1.62. The summed E-state index contributed by atoms with van der Waals surface area (Å²) in [6.07, 6.45) is -0.432. The normalized spacial score (nSPS) is 13.9. The van der Waals surface area contributed by atoms with Gasteiger partial charge in [0.2, 0.25) is 12.5 Å². The maximum atomic E-state index is 9.52. The Balaban J connectivity index is 1.60. The second-order valence-electron chi connectivity index (χ2n) is 5.55. The third kappa shape index (κ3) is 3.57. The number of hydrogen-bond acceptors (Lipinski definition) is 5. The van der Waals surface area contributed by atoms with Crippen molar-refractivity contribution < 1.29 is 19.3 Å².